The first-order valence-electron chi connectivity index (χ1n) is 10.4. The number of fused-ring (bicyclic) bond motifs is 1. The van der Waals surface area contributed by atoms with Gasteiger partial charge >= 0.3 is 0 Å². The van der Waals surface area contributed by atoms with Crippen molar-refractivity contribution >= 4 is 27.4 Å². The second-order valence-corrected chi connectivity index (χ2v) is 10.2. The number of carbonyl (C=O) groups is 3. The van der Waals surface area contributed by atoms with E-state index in [1.54, 1.807) is 42.5 Å². The number of hydrogen-bond acceptors (Lipinski definition) is 8. The van der Waals surface area contributed by atoms with Crippen molar-refractivity contribution < 1.29 is 27.3 Å². The summed E-state index contributed by atoms with van der Waals surface area (Å²) in [5.41, 5.74) is 0.584. The second-order valence-electron chi connectivity index (χ2n) is 8.11. The Bertz CT molecular complexity index is 1330. The number of aromatic nitrogens is 2. The summed E-state index contributed by atoms with van der Waals surface area (Å²) in [6, 6.07) is 14.4. The number of nitrogens with zero attached hydrogens (tertiary/aromatic N) is 3. The molecule has 1 aliphatic heterocycles. The molecule has 1 saturated carbocycles. The van der Waals surface area contributed by atoms with Crippen LogP contribution in [0, 0.1) is 5.92 Å². The first-order valence-corrected chi connectivity index (χ1v) is 12.0. The molecular weight excluding hydrogens is 446 g/mol. The molecule has 1 aromatic heterocycles. The van der Waals surface area contributed by atoms with E-state index in [0.29, 0.717) is 24.0 Å². The Morgan fingerprint density at radius 2 is 1.61 bits per heavy atom. The van der Waals surface area contributed by atoms with Gasteiger partial charge in [-0.05, 0) is 36.6 Å². The lowest BCUT2D eigenvalue weighted by atomic mass is 10.0. The number of amides is 2. The summed E-state index contributed by atoms with van der Waals surface area (Å²) in [6.45, 7) is -0.252. The van der Waals surface area contributed by atoms with Gasteiger partial charge in [0, 0.05) is 12.8 Å². The summed E-state index contributed by atoms with van der Waals surface area (Å²) in [7, 11) is -3.94. The molecule has 0 N–H and O–H groups in total. The summed E-state index contributed by atoms with van der Waals surface area (Å²) in [5.74, 6) is -1.61. The van der Waals surface area contributed by atoms with E-state index < -0.39 is 32.8 Å². The minimum atomic E-state index is -3.94. The monoisotopic (exact) mass is 465 g/mol. The maximum Gasteiger partial charge on any atom is 0.261 e. The molecule has 9 nitrogen and oxygen atoms in total. The average molecular weight is 465 g/mol. The number of Topliss-reactive ketones (excluding diaryl/α,β-unsaturated/α-hetero) is 1. The van der Waals surface area contributed by atoms with Gasteiger partial charge in [0.25, 0.3) is 11.8 Å². The van der Waals surface area contributed by atoms with Crippen molar-refractivity contribution in [3.8, 4) is 0 Å². The molecule has 3 aromatic rings. The molecule has 2 heterocycles. The summed E-state index contributed by atoms with van der Waals surface area (Å²) in [4.78, 5) is 42.5. The SMILES string of the molecule is O=C1CCC(C(c2nc(CN3C(=O)c4ccccc4C3=O)no2)S(=O)(=O)c2ccccc2)C1. The highest BCUT2D eigenvalue weighted by molar-refractivity contribution is 7.91. The average Bonchev–Trinajstić information content (AvgIpc) is 3.51. The van der Waals surface area contributed by atoms with Gasteiger partial charge in [-0.3, -0.25) is 19.3 Å². The first kappa shape index (κ1) is 21.2. The van der Waals surface area contributed by atoms with Crippen LogP contribution >= 0.6 is 0 Å². The van der Waals surface area contributed by atoms with Gasteiger partial charge in [-0.2, -0.15) is 4.98 Å². The predicted octanol–water partition coefficient (Wildman–Crippen LogP) is 2.75. The Hall–Kier alpha value is -3.66. The first-order chi connectivity index (χ1) is 15.9. The van der Waals surface area contributed by atoms with Crippen LogP contribution in [0.5, 0.6) is 0 Å². The molecule has 10 heteroatoms. The topological polar surface area (TPSA) is 128 Å². The fraction of sp³-hybridized carbons (Fsp3) is 0.261. The molecule has 33 heavy (non-hydrogen) atoms. The third kappa shape index (κ3) is 3.66. The predicted molar refractivity (Wildman–Crippen MR) is 114 cm³/mol. The third-order valence-electron chi connectivity index (χ3n) is 6.02. The lowest BCUT2D eigenvalue weighted by Crippen LogP contribution is -2.29. The van der Waals surface area contributed by atoms with Crippen LogP contribution in [0.25, 0.3) is 0 Å². The van der Waals surface area contributed by atoms with Crippen molar-refractivity contribution in [1.82, 2.24) is 15.0 Å². The summed E-state index contributed by atoms with van der Waals surface area (Å²) in [6.07, 6.45) is 0.792. The largest absolute Gasteiger partial charge is 0.338 e. The molecular formula is C23H19N3O6S. The van der Waals surface area contributed by atoms with Crippen LogP contribution in [0.2, 0.25) is 0 Å². The zero-order valence-corrected chi connectivity index (χ0v) is 18.2. The maximum atomic E-state index is 13.5. The van der Waals surface area contributed by atoms with E-state index >= 15 is 0 Å². The Balaban J connectivity index is 1.46. The number of carbonyl (C=O) groups excluding carboxylic acids is 3. The highest BCUT2D eigenvalue weighted by Gasteiger charge is 2.44. The number of benzene rings is 2. The number of imide groups is 1. The van der Waals surface area contributed by atoms with Gasteiger partial charge in [0.05, 0.1) is 22.6 Å². The molecule has 2 aliphatic rings. The van der Waals surface area contributed by atoms with E-state index in [1.807, 2.05) is 0 Å². The molecule has 0 spiro atoms. The molecule has 2 aromatic carbocycles. The zero-order chi connectivity index (χ0) is 23.2. The van der Waals surface area contributed by atoms with Crippen LogP contribution < -0.4 is 0 Å². The minimum absolute atomic E-state index is 0.0112. The Labute approximate surface area is 189 Å². The summed E-state index contributed by atoms with van der Waals surface area (Å²) >= 11 is 0. The van der Waals surface area contributed by atoms with Crippen LogP contribution in [-0.2, 0) is 21.2 Å². The van der Waals surface area contributed by atoms with Crippen LogP contribution in [-0.4, -0.2) is 41.1 Å². The van der Waals surface area contributed by atoms with Crippen LogP contribution in [0.1, 0.15) is 56.9 Å². The standard InChI is InChI=1S/C23H19N3O6S/c27-15-11-10-14(12-15)20(33(30,31)16-6-2-1-3-7-16)21-24-19(25-32-21)13-26-22(28)17-8-4-5-9-18(17)23(26)29/h1-9,14,20H,10-13H2. The summed E-state index contributed by atoms with van der Waals surface area (Å²) in [5, 5.41) is 2.65. The molecule has 2 atom stereocenters. The number of hydrogen-bond donors (Lipinski definition) is 0. The highest BCUT2D eigenvalue weighted by atomic mass is 32.2. The van der Waals surface area contributed by atoms with Gasteiger partial charge in [0.15, 0.2) is 15.7 Å². The fourth-order valence-electron chi connectivity index (χ4n) is 4.42. The number of rotatable bonds is 6. The third-order valence-corrected chi connectivity index (χ3v) is 8.21. The molecule has 5 rings (SSSR count). The molecule has 168 valence electrons. The van der Waals surface area contributed by atoms with E-state index in [0.717, 1.165) is 4.90 Å². The zero-order valence-electron chi connectivity index (χ0n) is 17.4. The Kier molecular flexibility index (Phi) is 5.16. The maximum absolute atomic E-state index is 13.5. The van der Waals surface area contributed by atoms with E-state index in [-0.39, 0.29) is 35.4 Å². The minimum Gasteiger partial charge on any atom is -0.338 e. The van der Waals surface area contributed by atoms with Crippen molar-refractivity contribution in [2.24, 2.45) is 5.92 Å². The van der Waals surface area contributed by atoms with Gasteiger partial charge < -0.3 is 4.52 Å². The summed E-state index contributed by atoms with van der Waals surface area (Å²) < 4.78 is 32.3. The quantitative estimate of drug-likeness (QED) is 0.509. The Morgan fingerprint density at radius 1 is 0.970 bits per heavy atom. The smallest absolute Gasteiger partial charge is 0.261 e. The van der Waals surface area contributed by atoms with Gasteiger partial charge in [0.2, 0.25) is 5.89 Å². The molecule has 2 unspecified atom stereocenters. The number of ketones is 1. The molecule has 0 radical (unpaired) electrons. The van der Waals surface area contributed by atoms with Crippen LogP contribution in [0.3, 0.4) is 0 Å². The van der Waals surface area contributed by atoms with E-state index in [4.69, 9.17) is 4.52 Å². The van der Waals surface area contributed by atoms with Crippen molar-refractivity contribution in [1.29, 1.82) is 0 Å². The van der Waals surface area contributed by atoms with E-state index in [9.17, 15) is 22.8 Å². The van der Waals surface area contributed by atoms with Crippen molar-refractivity contribution in [3.63, 3.8) is 0 Å². The lowest BCUT2D eigenvalue weighted by molar-refractivity contribution is -0.117. The van der Waals surface area contributed by atoms with Crippen molar-refractivity contribution in [2.75, 3.05) is 0 Å². The second kappa shape index (κ2) is 8.04. The van der Waals surface area contributed by atoms with Gasteiger partial charge in [-0.25, -0.2) is 8.42 Å². The molecule has 0 saturated heterocycles. The molecule has 2 amide bonds. The highest BCUT2D eigenvalue weighted by Crippen LogP contribution is 2.41. The Morgan fingerprint density at radius 3 is 2.21 bits per heavy atom. The van der Waals surface area contributed by atoms with Crippen LogP contribution in [0.15, 0.2) is 64.0 Å². The number of sulfone groups is 1. The van der Waals surface area contributed by atoms with Crippen molar-refractivity contribution in [3.05, 3.63) is 77.4 Å². The van der Waals surface area contributed by atoms with Gasteiger partial charge in [-0.1, -0.05) is 35.5 Å². The van der Waals surface area contributed by atoms with Gasteiger partial charge in [-0.15, -0.1) is 0 Å². The fourth-order valence-corrected chi connectivity index (χ4v) is 6.35. The molecule has 1 fully saturated rings. The lowest BCUT2D eigenvalue weighted by Gasteiger charge is -2.19. The van der Waals surface area contributed by atoms with E-state index in [2.05, 4.69) is 10.1 Å². The normalized spacial score (nSPS) is 19.2. The van der Waals surface area contributed by atoms with Crippen molar-refractivity contribution in [2.45, 2.75) is 36.0 Å². The van der Waals surface area contributed by atoms with Crippen LogP contribution in [0.4, 0.5) is 0 Å². The van der Waals surface area contributed by atoms with E-state index in [1.165, 1.54) is 12.1 Å². The molecule has 0 bridgehead atoms. The van der Waals surface area contributed by atoms with Gasteiger partial charge in [0.1, 0.15) is 11.0 Å². The molecule has 1 aliphatic carbocycles.